The van der Waals surface area contributed by atoms with Gasteiger partial charge in [-0.1, -0.05) is 13.3 Å². The molecular formula is C14H20N2O2S. The number of hydrogen-bond acceptors (Lipinski definition) is 5. The third kappa shape index (κ3) is 3.93. The van der Waals surface area contributed by atoms with Crippen LogP contribution in [0.3, 0.4) is 0 Å². The van der Waals surface area contributed by atoms with Gasteiger partial charge < -0.3 is 4.74 Å². The second-order valence-electron chi connectivity index (χ2n) is 4.87. The average Bonchev–Trinajstić information content (AvgIpc) is 2.64. The number of carbonyl (C=O) groups excluding carboxylic acids is 1. The zero-order chi connectivity index (χ0) is 13.7. The number of aromatic nitrogens is 2. The van der Waals surface area contributed by atoms with Gasteiger partial charge in [-0.15, -0.1) is 11.8 Å². The van der Waals surface area contributed by atoms with Crippen molar-refractivity contribution in [1.29, 1.82) is 0 Å². The summed E-state index contributed by atoms with van der Waals surface area (Å²) in [4.78, 5) is 20.1. The second kappa shape index (κ2) is 6.89. The third-order valence-corrected chi connectivity index (χ3v) is 4.47. The minimum atomic E-state index is -0.167. The van der Waals surface area contributed by atoms with Gasteiger partial charge in [0.05, 0.1) is 13.5 Å². The van der Waals surface area contributed by atoms with Crippen LogP contribution in [0.2, 0.25) is 0 Å². The summed E-state index contributed by atoms with van der Waals surface area (Å²) in [5.74, 6) is -0.167. The van der Waals surface area contributed by atoms with Crippen LogP contribution >= 0.6 is 11.8 Å². The molecule has 4 nitrogen and oxygen atoms in total. The van der Waals surface area contributed by atoms with E-state index in [9.17, 15) is 4.79 Å². The normalized spacial score (nSPS) is 16.3. The van der Waals surface area contributed by atoms with Crippen LogP contribution in [0.15, 0.2) is 11.4 Å². The molecule has 19 heavy (non-hydrogen) atoms. The predicted molar refractivity (Wildman–Crippen MR) is 75.2 cm³/mol. The highest BCUT2D eigenvalue weighted by molar-refractivity contribution is 7.99. The second-order valence-corrected chi connectivity index (χ2v) is 6.30. The number of methoxy groups -OCH3 is 1. The molecule has 0 aliphatic heterocycles. The maximum absolute atomic E-state index is 11.3. The third-order valence-electron chi connectivity index (χ3n) is 3.33. The molecule has 2 rings (SSSR count). The van der Waals surface area contributed by atoms with Crippen LogP contribution in [0.4, 0.5) is 0 Å². The lowest BCUT2D eigenvalue weighted by Crippen LogP contribution is -2.10. The van der Waals surface area contributed by atoms with Gasteiger partial charge in [0.15, 0.2) is 0 Å². The van der Waals surface area contributed by atoms with E-state index in [2.05, 4.69) is 9.97 Å². The molecule has 1 aromatic heterocycles. The van der Waals surface area contributed by atoms with Gasteiger partial charge in [-0.05, 0) is 25.7 Å². The first-order valence-electron chi connectivity index (χ1n) is 6.77. The van der Waals surface area contributed by atoms with Crippen molar-refractivity contribution < 1.29 is 9.53 Å². The monoisotopic (exact) mass is 280 g/mol. The van der Waals surface area contributed by atoms with E-state index in [1.54, 1.807) is 18.1 Å². The number of carbonyl (C=O) groups is 1. The molecule has 1 aromatic rings. The van der Waals surface area contributed by atoms with Crippen molar-refractivity contribution in [3.63, 3.8) is 0 Å². The molecule has 0 spiro atoms. The quantitative estimate of drug-likeness (QED) is 0.367. The van der Waals surface area contributed by atoms with E-state index >= 15 is 0 Å². The number of rotatable bonds is 4. The lowest BCUT2D eigenvalue weighted by atomic mass is 10.1. The first-order chi connectivity index (χ1) is 9.20. The minimum Gasteiger partial charge on any atom is -0.469 e. The lowest BCUT2D eigenvalue weighted by molar-refractivity contribution is -0.140. The SMILES string of the molecule is COC(=O)CC(C)Sc1ncnc2c1CCCCC2. The van der Waals surface area contributed by atoms with E-state index in [1.165, 1.54) is 37.6 Å². The molecule has 1 aliphatic rings. The van der Waals surface area contributed by atoms with Crippen molar-refractivity contribution in [3.05, 3.63) is 17.6 Å². The maximum Gasteiger partial charge on any atom is 0.306 e. The first-order valence-corrected chi connectivity index (χ1v) is 7.65. The summed E-state index contributed by atoms with van der Waals surface area (Å²) < 4.78 is 4.71. The van der Waals surface area contributed by atoms with Gasteiger partial charge in [-0.2, -0.15) is 0 Å². The van der Waals surface area contributed by atoms with Gasteiger partial charge in [0.1, 0.15) is 11.4 Å². The molecule has 0 bridgehead atoms. The van der Waals surface area contributed by atoms with Gasteiger partial charge in [0.25, 0.3) is 0 Å². The summed E-state index contributed by atoms with van der Waals surface area (Å²) in [7, 11) is 1.43. The Morgan fingerprint density at radius 2 is 2.16 bits per heavy atom. The van der Waals surface area contributed by atoms with Crippen molar-refractivity contribution in [1.82, 2.24) is 9.97 Å². The van der Waals surface area contributed by atoms with Gasteiger partial charge in [-0.25, -0.2) is 9.97 Å². The smallest absolute Gasteiger partial charge is 0.306 e. The topological polar surface area (TPSA) is 52.1 Å². The summed E-state index contributed by atoms with van der Waals surface area (Å²) >= 11 is 1.66. The molecule has 1 heterocycles. The Labute approximate surface area is 118 Å². The van der Waals surface area contributed by atoms with Crippen LogP contribution in [-0.4, -0.2) is 28.3 Å². The summed E-state index contributed by atoms with van der Waals surface area (Å²) in [5, 5.41) is 1.22. The summed E-state index contributed by atoms with van der Waals surface area (Å²) in [6.45, 7) is 2.03. The highest BCUT2D eigenvalue weighted by atomic mass is 32.2. The van der Waals surface area contributed by atoms with E-state index in [-0.39, 0.29) is 11.2 Å². The molecule has 0 saturated carbocycles. The summed E-state index contributed by atoms with van der Waals surface area (Å²) in [6.07, 6.45) is 7.86. The van der Waals surface area contributed by atoms with Crippen LogP contribution in [0, 0.1) is 0 Å². The van der Waals surface area contributed by atoms with Crippen molar-refractivity contribution in [2.45, 2.75) is 55.7 Å². The van der Waals surface area contributed by atoms with Crippen LogP contribution in [0.5, 0.6) is 0 Å². The molecule has 5 heteroatoms. The highest BCUT2D eigenvalue weighted by Crippen LogP contribution is 2.30. The fraction of sp³-hybridized carbons (Fsp3) is 0.643. The van der Waals surface area contributed by atoms with Gasteiger partial charge >= 0.3 is 5.97 Å². The largest absolute Gasteiger partial charge is 0.469 e. The molecule has 0 N–H and O–H groups in total. The minimum absolute atomic E-state index is 0.167. The zero-order valence-electron chi connectivity index (χ0n) is 11.5. The molecule has 1 aliphatic carbocycles. The molecule has 1 atom stereocenters. The summed E-state index contributed by atoms with van der Waals surface area (Å²) in [6, 6.07) is 0. The standard InChI is InChI=1S/C14H20N2O2S/c1-10(8-13(17)18-2)19-14-11-6-4-3-5-7-12(11)15-9-16-14/h9-10H,3-8H2,1-2H3. The molecule has 0 radical (unpaired) electrons. The fourth-order valence-electron chi connectivity index (χ4n) is 2.32. The molecule has 0 fully saturated rings. The van der Waals surface area contributed by atoms with Crippen LogP contribution in [-0.2, 0) is 22.4 Å². The number of aryl methyl sites for hydroxylation is 1. The molecule has 0 amide bonds. The van der Waals surface area contributed by atoms with Crippen molar-refractivity contribution in [3.8, 4) is 0 Å². The fourth-order valence-corrected chi connectivity index (χ4v) is 3.39. The number of ether oxygens (including phenoxy) is 1. The number of nitrogens with zero attached hydrogens (tertiary/aromatic N) is 2. The van der Waals surface area contributed by atoms with Crippen LogP contribution in [0.1, 0.15) is 43.9 Å². The highest BCUT2D eigenvalue weighted by Gasteiger charge is 2.18. The Bertz CT molecular complexity index is 451. The number of thioether (sulfide) groups is 1. The van der Waals surface area contributed by atoms with Crippen LogP contribution in [0.25, 0.3) is 0 Å². The number of hydrogen-bond donors (Lipinski definition) is 0. The van der Waals surface area contributed by atoms with Gasteiger partial charge in [-0.3, -0.25) is 4.79 Å². The van der Waals surface area contributed by atoms with E-state index in [4.69, 9.17) is 4.74 Å². The Kier molecular flexibility index (Phi) is 5.19. The Hall–Kier alpha value is -1.10. The Balaban J connectivity index is 2.10. The van der Waals surface area contributed by atoms with E-state index < -0.39 is 0 Å². The van der Waals surface area contributed by atoms with E-state index in [0.717, 1.165) is 17.9 Å². The first kappa shape index (κ1) is 14.3. The van der Waals surface area contributed by atoms with Crippen molar-refractivity contribution in [2.24, 2.45) is 0 Å². The van der Waals surface area contributed by atoms with Crippen molar-refractivity contribution in [2.75, 3.05) is 7.11 Å². The molecule has 0 aromatic carbocycles. The maximum atomic E-state index is 11.3. The van der Waals surface area contributed by atoms with Gasteiger partial charge in [0, 0.05) is 16.5 Å². The van der Waals surface area contributed by atoms with Crippen molar-refractivity contribution >= 4 is 17.7 Å². The molecule has 0 saturated heterocycles. The van der Waals surface area contributed by atoms with Crippen LogP contribution < -0.4 is 0 Å². The molecule has 104 valence electrons. The molecular weight excluding hydrogens is 260 g/mol. The molecule has 1 unspecified atom stereocenters. The Morgan fingerprint density at radius 3 is 2.95 bits per heavy atom. The Morgan fingerprint density at radius 1 is 1.37 bits per heavy atom. The number of fused-ring (bicyclic) bond motifs is 1. The van der Waals surface area contributed by atoms with E-state index in [1.807, 2.05) is 6.92 Å². The average molecular weight is 280 g/mol. The number of esters is 1. The zero-order valence-corrected chi connectivity index (χ0v) is 12.3. The lowest BCUT2D eigenvalue weighted by Gasteiger charge is -2.13. The van der Waals surface area contributed by atoms with Gasteiger partial charge in [0.2, 0.25) is 0 Å². The predicted octanol–water partition coefficient (Wildman–Crippen LogP) is 2.79. The summed E-state index contributed by atoms with van der Waals surface area (Å²) in [5.41, 5.74) is 2.49. The van der Waals surface area contributed by atoms with E-state index in [0.29, 0.717) is 6.42 Å².